The van der Waals surface area contributed by atoms with E-state index in [2.05, 4.69) is 29.4 Å². The van der Waals surface area contributed by atoms with Gasteiger partial charge in [-0.2, -0.15) is 4.31 Å². The van der Waals surface area contributed by atoms with Crippen molar-refractivity contribution in [1.82, 2.24) is 9.29 Å². The number of amides is 1. The molecule has 0 saturated carbocycles. The highest BCUT2D eigenvalue weighted by Crippen LogP contribution is 2.26. The zero-order chi connectivity index (χ0) is 22.6. The molecule has 3 aromatic rings. The van der Waals surface area contributed by atoms with E-state index >= 15 is 0 Å². The summed E-state index contributed by atoms with van der Waals surface area (Å²) in [7, 11) is -3.61. The number of rotatable bonds is 6. The number of aromatic nitrogens is 1. The van der Waals surface area contributed by atoms with Gasteiger partial charge in [0.05, 0.1) is 10.6 Å². The fraction of sp³-hybridized carbons (Fsp3) is 0.333. The number of sulfonamides is 1. The van der Waals surface area contributed by atoms with Crippen LogP contribution in [0.15, 0.2) is 58.8 Å². The van der Waals surface area contributed by atoms with Crippen molar-refractivity contribution < 1.29 is 13.2 Å². The second-order valence-corrected chi connectivity index (χ2v) is 10.7. The minimum atomic E-state index is -3.61. The minimum Gasteiger partial charge on any atom is -0.298 e. The van der Waals surface area contributed by atoms with Crippen molar-refractivity contribution in [2.24, 2.45) is 0 Å². The highest BCUT2D eigenvalue weighted by Gasteiger charge is 2.26. The maximum Gasteiger partial charge on any atom is 0.257 e. The Morgan fingerprint density at radius 3 is 2.47 bits per heavy atom. The molecule has 0 atom stereocenters. The Balaban J connectivity index is 1.49. The molecular formula is C24H27N3O3S2. The summed E-state index contributed by atoms with van der Waals surface area (Å²) in [4.78, 5) is 17.5. The summed E-state index contributed by atoms with van der Waals surface area (Å²) in [5.41, 5.74) is 3.34. The van der Waals surface area contributed by atoms with E-state index in [-0.39, 0.29) is 10.8 Å². The number of hydrogen-bond acceptors (Lipinski definition) is 5. The predicted molar refractivity (Wildman–Crippen MR) is 129 cm³/mol. The van der Waals surface area contributed by atoms with E-state index in [9.17, 15) is 13.2 Å². The molecule has 8 heteroatoms. The van der Waals surface area contributed by atoms with Crippen molar-refractivity contribution in [2.75, 3.05) is 18.4 Å². The van der Waals surface area contributed by atoms with Gasteiger partial charge < -0.3 is 0 Å². The van der Waals surface area contributed by atoms with E-state index in [1.807, 2.05) is 17.5 Å². The van der Waals surface area contributed by atoms with Gasteiger partial charge >= 0.3 is 0 Å². The first kappa shape index (κ1) is 22.6. The van der Waals surface area contributed by atoms with Gasteiger partial charge in [-0.25, -0.2) is 13.4 Å². The van der Waals surface area contributed by atoms with Gasteiger partial charge in [-0.05, 0) is 43.0 Å². The van der Waals surface area contributed by atoms with E-state index < -0.39 is 10.0 Å². The second-order valence-electron chi connectivity index (χ2n) is 7.89. The van der Waals surface area contributed by atoms with Crippen molar-refractivity contribution in [3.05, 3.63) is 65.0 Å². The van der Waals surface area contributed by atoms with Crippen molar-refractivity contribution in [3.8, 4) is 11.3 Å². The number of carbonyl (C=O) groups is 1. The lowest BCUT2D eigenvalue weighted by atomic mass is 10.1. The molecule has 0 bridgehead atoms. The van der Waals surface area contributed by atoms with Crippen LogP contribution in [0.1, 0.15) is 48.5 Å². The maximum atomic E-state index is 13.1. The number of benzene rings is 2. The number of aryl methyl sites for hydroxylation is 1. The van der Waals surface area contributed by atoms with Crippen molar-refractivity contribution in [2.45, 2.75) is 43.9 Å². The number of nitrogens with zero attached hydrogens (tertiary/aromatic N) is 2. The Morgan fingerprint density at radius 2 is 1.78 bits per heavy atom. The molecule has 1 fully saturated rings. The molecule has 2 heterocycles. The lowest BCUT2D eigenvalue weighted by Crippen LogP contribution is -2.32. The van der Waals surface area contributed by atoms with Crippen LogP contribution in [0.2, 0.25) is 0 Å². The average molecular weight is 470 g/mol. The molecule has 1 N–H and O–H groups in total. The molecule has 1 aliphatic rings. The summed E-state index contributed by atoms with van der Waals surface area (Å²) in [6.07, 6.45) is 4.81. The van der Waals surface area contributed by atoms with Crippen LogP contribution in [-0.2, 0) is 16.4 Å². The van der Waals surface area contributed by atoms with E-state index in [4.69, 9.17) is 0 Å². The first-order valence-electron chi connectivity index (χ1n) is 10.9. The number of carbonyl (C=O) groups excluding carboxylic acids is 1. The molecular weight excluding hydrogens is 442 g/mol. The summed E-state index contributed by atoms with van der Waals surface area (Å²) in [5.74, 6) is -0.375. The lowest BCUT2D eigenvalue weighted by Gasteiger charge is -2.20. The summed E-state index contributed by atoms with van der Waals surface area (Å²) in [6, 6.07) is 14.4. The third-order valence-corrected chi connectivity index (χ3v) is 8.33. The molecule has 1 saturated heterocycles. The molecule has 32 heavy (non-hydrogen) atoms. The van der Waals surface area contributed by atoms with Crippen LogP contribution in [0.3, 0.4) is 0 Å². The number of anilines is 1. The van der Waals surface area contributed by atoms with E-state index in [1.165, 1.54) is 27.3 Å². The van der Waals surface area contributed by atoms with Gasteiger partial charge in [0.25, 0.3) is 5.91 Å². The van der Waals surface area contributed by atoms with E-state index in [0.717, 1.165) is 43.4 Å². The second kappa shape index (κ2) is 9.94. The molecule has 1 aliphatic heterocycles. The van der Waals surface area contributed by atoms with Gasteiger partial charge in [0.1, 0.15) is 0 Å². The number of nitrogens with one attached hydrogen (secondary N) is 1. The van der Waals surface area contributed by atoms with Gasteiger partial charge in [-0.3, -0.25) is 10.1 Å². The molecule has 1 amide bonds. The Hall–Kier alpha value is -2.55. The van der Waals surface area contributed by atoms with Crippen molar-refractivity contribution >= 4 is 32.4 Å². The number of hydrogen-bond donors (Lipinski definition) is 1. The van der Waals surface area contributed by atoms with Gasteiger partial charge in [0, 0.05) is 29.6 Å². The predicted octanol–water partition coefficient (Wildman–Crippen LogP) is 5.19. The molecule has 0 radical (unpaired) electrons. The highest BCUT2D eigenvalue weighted by atomic mass is 32.2. The third-order valence-electron chi connectivity index (χ3n) is 5.68. The number of thiazole rings is 1. The van der Waals surface area contributed by atoms with Crippen molar-refractivity contribution in [1.29, 1.82) is 0 Å². The molecule has 6 nitrogen and oxygen atoms in total. The Labute approximate surface area is 193 Å². The van der Waals surface area contributed by atoms with Gasteiger partial charge in [0.2, 0.25) is 10.0 Å². The highest BCUT2D eigenvalue weighted by molar-refractivity contribution is 7.89. The molecule has 0 spiro atoms. The molecule has 0 aliphatic carbocycles. The largest absolute Gasteiger partial charge is 0.298 e. The van der Waals surface area contributed by atoms with Crippen LogP contribution in [0, 0.1) is 0 Å². The minimum absolute atomic E-state index is 0.155. The van der Waals surface area contributed by atoms with Gasteiger partial charge in [-0.15, -0.1) is 11.3 Å². The lowest BCUT2D eigenvalue weighted by molar-refractivity contribution is 0.102. The molecule has 4 rings (SSSR count). The fourth-order valence-corrected chi connectivity index (χ4v) is 6.05. The van der Waals surface area contributed by atoms with Crippen LogP contribution in [0.25, 0.3) is 11.3 Å². The average Bonchev–Trinajstić information content (AvgIpc) is 3.10. The van der Waals surface area contributed by atoms with Gasteiger partial charge in [-0.1, -0.05) is 50.1 Å². The SMILES string of the molecule is CCc1ccc(-c2csc(NC(=O)c3cccc(S(=O)(=O)N4CCCCCC4)c3)n2)cc1. The van der Waals surface area contributed by atoms with Crippen LogP contribution in [0.5, 0.6) is 0 Å². The Bertz CT molecular complexity index is 1180. The van der Waals surface area contributed by atoms with E-state index in [0.29, 0.717) is 23.8 Å². The van der Waals surface area contributed by atoms with E-state index in [1.54, 1.807) is 18.2 Å². The smallest absolute Gasteiger partial charge is 0.257 e. The fourth-order valence-electron chi connectivity index (χ4n) is 3.77. The zero-order valence-corrected chi connectivity index (χ0v) is 19.7. The molecule has 1 aromatic heterocycles. The van der Waals surface area contributed by atoms with Crippen molar-refractivity contribution in [3.63, 3.8) is 0 Å². The van der Waals surface area contributed by atoms with Crippen LogP contribution in [-0.4, -0.2) is 36.7 Å². The Kier molecular flexibility index (Phi) is 7.03. The first-order valence-corrected chi connectivity index (χ1v) is 13.3. The quantitative estimate of drug-likeness (QED) is 0.539. The third kappa shape index (κ3) is 5.09. The summed E-state index contributed by atoms with van der Waals surface area (Å²) >= 11 is 1.34. The summed E-state index contributed by atoms with van der Waals surface area (Å²) < 4.78 is 27.7. The van der Waals surface area contributed by atoms with Crippen LogP contribution in [0.4, 0.5) is 5.13 Å². The molecule has 168 valence electrons. The monoisotopic (exact) mass is 469 g/mol. The molecule has 0 unspecified atom stereocenters. The first-order chi connectivity index (χ1) is 15.5. The van der Waals surface area contributed by atoms with Gasteiger partial charge in [0.15, 0.2) is 5.13 Å². The van der Waals surface area contributed by atoms with Crippen LogP contribution < -0.4 is 5.32 Å². The summed E-state index contributed by atoms with van der Waals surface area (Å²) in [6.45, 7) is 3.17. The Morgan fingerprint density at radius 1 is 1.06 bits per heavy atom. The summed E-state index contributed by atoms with van der Waals surface area (Å²) in [5, 5.41) is 5.18. The van der Waals surface area contributed by atoms with Crippen LogP contribution >= 0.6 is 11.3 Å². The topological polar surface area (TPSA) is 79.4 Å². The standard InChI is InChI=1S/C24H27N3O3S2/c1-2-18-10-12-19(13-11-18)22-17-31-24(25-22)26-23(28)20-8-7-9-21(16-20)32(29,30)27-14-5-3-4-6-15-27/h7-13,16-17H,2-6,14-15H2,1H3,(H,25,26,28). The zero-order valence-electron chi connectivity index (χ0n) is 18.1. The molecule has 2 aromatic carbocycles. The maximum absolute atomic E-state index is 13.1. The normalized spacial score (nSPS) is 15.3.